The van der Waals surface area contributed by atoms with Gasteiger partial charge in [-0.2, -0.15) is 0 Å². The number of carbonyl (C=O) groups excluding carboxylic acids is 2. The van der Waals surface area contributed by atoms with E-state index in [0.717, 1.165) is 25.7 Å². The Morgan fingerprint density at radius 3 is 2.53 bits per heavy atom. The summed E-state index contributed by atoms with van der Waals surface area (Å²) in [6.07, 6.45) is 7.38. The Morgan fingerprint density at radius 1 is 1.32 bits per heavy atom. The van der Waals surface area contributed by atoms with Gasteiger partial charge >= 0.3 is 0 Å². The molecule has 0 radical (unpaired) electrons. The van der Waals surface area contributed by atoms with Crippen LogP contribution in [0.5, 0.6) is 0 Å². The third-order valence-electron chi connectivity index (χ3n) is 4.52. The summed E-state index contributed by atoms with van der Waals surface area (Å²) in [6.45, 7) is 7.44. The lowest BCUT2D eigenvalue weighted by atomic mass is 9.82. The van der Waals surface area contributed by atoms with Crippen molar-refractivity contribution in [2.24, 2.45) is 5.92 Å². The van der Waals surface area contributed by atoms with Crippen LogP contribution in [0.1, 0.15) is 46.0 Å². The maximum absolute atomic E-state index is 12.6. The van der Waals surface area contributed by atoms with Crippen molar-refractivity contribution in [2.75, 3.05) is 0 Å². The largest absolute Gasteiger partial charge is 0.342 e. The number of rotatable bonds is 3. The summed E-state index contributed by atoms with van der Waals surface area (Å²) in [6, 6.07) is -0.827. The Kier molecular flexibility index (Phi) is 4.27. The molecule has 2 aliphatic rings. The summed E-state index contributed by atoms with van der Waals surface area (Å²) in [7, 11) is 0. The summed E-state index contributed by atoms with van der Waals surface area (Å²) >= 11 is 0. The molecule has 4 heteroatoms. The fourth-order valence-corrected chi connectivity index (χ4v) is 3.27. The van der Waals surface area contributed by atoms with E-state index in [1.54, 1.807) is 17.9 Å². The van der Waals surface area contributed by atoms with E-state index in [2.05, 4.69) is 11.9 Å². The van der Waals surface area contributed by atoms with Crippen molar-refractivity contribution in [3.05, 3.63) is 12.7 Å². The Labute approximate surface area is 115 Å². The predicted octanol–water partition coefficient (Wildman–Crippen LogP) is 1.86. The van der Waals surface area contributed by atoms with Crippen LogP contribution < -0.4 is 5.32 Å². The van der Waals surface area contributed by atoms with E-state index >= 15 is 0 Å². The molecule has 0 bridgehead atoms. The lowest BCUT2D eigenvalue weighted by Crippen LogP contribution is -2.66. The fourth-order valence-electron chi connectivity index (χ4n) is 3.27. The lowest BCUT2D eigenvalue weighted by molar-refractivity contribution is -0.152. The SMILES string of the molecule is C=CC(C)N1C(=O)C(C2CCCCC2)NC(=O)C1C. The molecule has 4 nitrogen and oxygen atoms in total. The predicted molar refractivity (Wildman–Crippen MR) is 74.5 cm³/mol. The number of nitrogens with zero attached hydrogens (tertiary/aromatic N) is 1. The van der Waals surface area contributed by atoms with Crippen molar-refractivity contribution in [3.63, 3.8) is 0 Å². The lowest BCUT2D eigenvalue weighted by Gasteiger charge is -2.43. The Hall–Kier alpha value is -1.32. The zero-order valence-electron chi connectivity index (χ0n) is 11.9. The highest BCUT2D eigenvalue weighted by molar-refractivity contribution is 5.97. The van der Waals surface area contributed by atoms with Crippen LogP contribution in [0.3, 0.4) is 0 Å². The minimum absolute atomic E-state index is 0.0381. The van der Waals surface area contributed by atoms with Gasteiger partial charge in [0.25, 0.3) is 0 Å². The minimum atomic E-state index is -0.402. The highest BCUT2D eigenvalue weighted by Gasteiger charge is 2.43. The molecule has 19 heavy (non-hydrogen) atoms. The zero-order chi connectivity index (χ0) is 14.0. The van der Waals surface area contributed by atoms with E-state index < -0.39 is 6.04 Å². The number of hydrogen-bond acceptors (Lipinski definition) is 2. The average Bonchev–Trinajstić information content (AvgIpc) is 2.43. The monoisotopic (exact) mass is 264 g/mol. The topological polar surface area (TPSA) is 49.4 Å². The van der Waals surface area contributed by atoms with E-state index in [0.29, 0.717) is 5.92 Å². The van der Waals surface area contributed by atoms with Gasteiger partial charge in [-0.3, -0.25) is 9.59 Å². The van der Waals surface area contributed by atoms with Crippen molar-refractivity contribution in [1.29, 1.82) is 0 Å². The number of carbonyl (C=O) groups is 2. The molecular weight excluding hydrogens is 240 g/mol. The van der Waals surface area contributed by atoms with Crippen LogP contribution in [0.4, 0.5) is 0 Å². The summed E-state index contributed by atoms with van der Waals surface area (Å²) < 4.78 is 0. The molecule has 3 unspecified atom stereocenters. The van der Waals surface area contributed by atoms with Gasteiger partial charge in [0, 0.05) is 6.04 Å². The first-order valence-electron chi connectivity index (χ1n) is 7.31. The van der Waals surface area contributed by atoms with Crippen LogP contribution in [-0.4, -0.2) is 34.8 Å². The standard InChI is InChI=1S/C15H24N2O2/c1-4-10(2)17-11(3)14(18)16-13(15(17)19)12-8-6-5-7-9-12/h4,10-13H,1,5-9H2,2-3H3,(H,16,18). The molecule has 1 heterocycles. The maximum atomic E-state index is 12.6. The molecule has 1 aliphatic heterocycles. The third kappa shape index (κ3) is 2.67. The second-order valence-electron chi connectivity index (χ2n) is 5.78. The molecule has 2 fully saturated rings. The van der Waals surface area contributed by atoms with E-state index in [9.17, 15) is 9.59 Å². The van der Waals surface area contributed by atoms with Crippen molar-refractivity contribution in [2.45, 2.75) is 64.1 Å². The van der Waals surface area contributed by atoms with Crippen molar-refractivity contribution in [3.8, 4) is 0 Å². The van der Waals surface area contributed by atoms with Gasteiger partial charge < -0.3 is 10.2 Å². The van der Waals surface area contributed by atoms with E-state index in [1.165, 1.54) is 6.42 Å². The fraction of sp³-hybridized carbons (Fsp3) is 0.733. The Morgan fingerprint density at radius 2 is 1.95 bits per heavy atom. The number of nitrogens with one attached hydrogen (secondary N) is 1. The average molecular weight is 264 g/mol. The van der Waals surface area contributed by atoms with Crippen molar-refractivity contribution < 1.29 is 9.59 Å². The third-order valence-corrected chi connectivity index (χ3v) is 4.52. The molecule has 0 aromatic carbocycles. The smallest absolute Gasteiger partial charge is 0.246 e. The normalized spacial score (nSPS) is 30.9. The summed E-state index contributed by atoms with van der Waals surface area (Å²) in [5.41, 5.74) is 0. The van der Waals surface area contributed by atoms with Crippen LogP contribution in [0.2, 0.25) is 0 Å². The molecule has 0 aromatic rings. The first-order chi connectivity index (χ1) is 9.06. The van der Waals surface area contributed by atoms with Gasteiger partial charge in [-0.05, 0) is 32.6 Å². The highest BCUT2D eigenvalue weighted by atomic mass is 16.2. The number of amides is 2. The maximum Gasteiger partial charge on any atom is 0.246 e. The summed E-state index contributed by atoms with van der Waals surface area (Å²) in [5.74, 6) is 0.326. The zero-order valence-corrected chi connectivity index (χ0v) is 11.9. The second-order valence-corrected chi connectivity index (χ2v) is 5.78. The van der Waals surface area contributed by atoms with Crippen LogP contribution >= 0.6 is 0 Å². The van der Waals surface area contributed by atoms with Gasteiger partial charge in [0.2, 0.25) is 11.8 Å². The molecule has 3 atom stereocenters. The van der Waals surface area contributed by atoms with Gasteiger partial charge in [0.15, 0.2) is 0 Å². The molecule has 1 saturated heterocycles. The first kappa shape index (κ1) is 14.1. The molecule has 1 aliphatic carbocycles. The van der Waals surface area contributed by atoms with Crippen LogP contribution in [0, 0.1) is 5.92 Å². The first-order valence-corrected chi connectivity index (χ1v) is 7.31. The molecule has 2 rings (SSSR count). The molecule has 106 valence electrons. The second kappa shape index (κ2) is 5.76. The molecule has 0 spiro atoms. The van der Waals surface area contributed by atoms with Crippen LogP contribution in [0.25, 0.3) is 0 Å². The number of hydrogen-bond donors (Lipinski definition) is 1. The quantitative estimate of drug-likeness (QED) is 0.791. The molecular formula is C15H24N2O2. The van der Waals surface area contributed by atoms with E-state index in [1.807, 2.05) is 6.92 Å². The molecule has 1 N–H and O–H groups in total. The minimum Gasteiger partial charge on any atom is -0.342 e. The van der Waals surface area contributed by atoms with Crippen LogP contribution in [-0.2, 0) is 9.59 Å². The van der Waals surface area contributed by atoms with Gasteiger partial charge in [-0.1, -0.05) is 25.3 Å². The van der Waals surface area contributed by atoms with Crippen molar-refractivity contribution >= 4 is 11.8 Å². The van der Waals surface area contributed by atoms with Gasteiger partial charge in [-0.15, -0.1) is 6.58 Å². The highest BCUT2D eigenvalue weighted by Crippen LogP contribution is 2.29. The van der Waals surface area contributed by atoms with E-state index in [-0.39, 0.29) is 23.9 Å². The Bertz CT molecular complexity index is 374. The number of piperazine rings is 1. The molecule has 2 amide bonds. The van der Waals surface area contributed by atoms with Gasteiger partial charge in [0.1, 0.15) is 12.1 Å². The van der Waals surface area contributed by atoms with Gasteiger partial charge in [-0.25, -0.2) is 0 Å². The van der Waals surface area contributed by atoms with Gasteiger partial charge in [0.05, 0.1) is 0 Å². The molecule has 0 aromatic heterocycles. The summed E-state index contributed by atoms with van der Waals surface area (Å²) in [4.78, 5) is 26.4. The van der Waals surface area contributed by atoms with Crippen molar-refractivity contribution in [1.82, 2.24) is 10.2 Å². The molecule has 1 saturated carbocycles. The van der Waals surface area contributed by atoms with E-state index in [4.69, 9.17) is 0 Å². The Balaban J connectivity index is 2.18. The summed E-state index contributed by atoms with van der Waals surface area (Å²) in [5, 5.41) is 2.93. The van der Waals surface area contributed by atoms with Crippen LogP contribution in [0.15, 0.2) is 12.7 Å².